The van der Waals surface area contributed by atoms with Crippen LogP contribution in [0.4, 0.5) is 5.82 Å². The number of anilines is 1. The van der Waals surface area contributed by atoms with Crippen molar-refractivity contribution in [3.8, 4) is 0 Å². The second-order valence-corrected chi connectivity index (χ2v) is 7.92. The first-order valence-electron chi connectivity index (χ1n) is 10.5. The SMILES string of the molecule is O=C(CN1CCC(OCc2ccccc2)CC1)Nc1ccnn1C1CCCC1. The van der Waals surface area contributed by atoms with Gasteiger partial charge in [-0.1, -0.05) is 43.2 Å². The summed E-state index contributed by atoms with van der Waals surface area (Å²) in [6.45, 7) is 2.89. The Hall–Kier alpha value is -2.18. The molecule has 2 heterocycles. The summed E-state index contributed by atoms with van der Waals surface area (Å²) in [4.78, 5) is 14.7. The molecule has 1 saturated carbocycles. The van der Waals surface area contributed by atoms with Crippen molar-refractivity contribution >= 4 is 11.7 Å². The van der Waals surface area contributed by atoms with Gasteiger partial charge in [0.1, 0.15) is 5.82 Å². The van der Waals surface area contributed by atoms with Crippen LogP contribution in [0, 0.1) is 0 Å². The van der Waals surface area contributed by atoms with Crippen molar-refractivity contribution in [3.05, 3.63) is 48.2 Å². The molecule has 6 nitrogen and oxygen atoms in total. The number of carbonyl (C=O) groups excluding carboxylic acids is 1. The van der Waals surface area contributed by atoms with Gasteiger partial charge in [-0.15, -0.1) is 0 Å². The number of aromatic nitrogens is 2. The van der Waals surface area contributed by atoms with Crippen molar-refractivity contribution in [1.82, 2.24) is 14.7 Å². The fourth-order valence-electron chi connectivity index (χ4n) is 4.26. The summed E-state index contributed by atoms with van der Waals surface area (Å²) in [7, 11) is 0. The monoisotopic (exact) mass is 382 g/mol. The van der Waals surface area contributed by atoms with Gasteiger partial charge in [0.05, 0.1) is 31.5 Å². The first-order chi connectivity index (χ1) is 13.8. The van der Waals surface area contributed by atoms with E-state index in [2.05, 4.69) is 27.4 Å². The average molecular weight is 383 g/mol. The Kier molecular flexibility index (Phi) is 6.39. The lowest BCUT2D eigenvalue weighted by molar-refractivity contribution is -0.118. The molecule has 0 unspecified atom stereocenters. The van der Waals surface area contributed by atoms with Crippen LogP contribution in [0.2, 0.25) is 0 Å². The summed E-state index contributed by atoms with van der Waals surface area (Å²) in [5.74, 6) is 0.876. The summed E-state index contributed by atoms with van der Waals surface area (Å²) in [5, 5.41) is 7.49. The zero-order valence-electron chi connectivity index (χ0n) is 16.4. The molecule has 150 valence electrons. The minimum Gasteiger partial charge on any atom is -0.373 e. The van der Waals surface area contributed by atoms with Crippen molar-refractivity contribution in [3.63, 3.8) is 0 Å². The lowest BCUT2D eigenvalue weighted by Crippen LogP contribution is -2.41. The van der Waals surface area contributed by atoms with Crippen molar-refractivity contribution in [2.45, 2.75) is 57.3 Å². The maximum absolute atomic E-state index is 12.5. The maximum atomic E-state index is 12.5. The van der Waals surface area contributed by atoms with Crippen molar-refractivity contribution in [1.29, 1.82) is 0 Å². The van der Waals surface area contributed by atoms with E-state index in [1.807, 2.05) is 28.9 Å². The molecule has 6 heteroatoms. The third kappa shape index (κ3) is 5.00. The fourth-order valence-corrected chi connectivity index (χ4v) is 4.26. The van der Waals surface area contributed by atoms with Crippen LogP contribution in [0.15, 0.2) is 42.6 Å². The first kappa shape index (κ1) is 19.2. The van der Waals surface area contributed by atoms with Gasteiger partial charge >= 0.3 is 0 Å². The number of hydrogen-bond donors (Lipinski definition) is 1. The molecule has 1 aromatic heterocycles. The molecule has 2 fully saturated rings. The van der Waals surface area contributed by atoms with Gasteiger partial charge in [0.15, 0.2) is 0 Å². The molecule has 28 heavy (non-hydrogen) atoms. The molecule has 1 aliphatic carbocycles. The Balaban J connectivity index is 1.20. The van der Waals surface area contributed by atoms with Gasteiger partial charge in [0.2, 0.25) is 5.91 Å². The minimum absolute atomic E-state index is 0.0448. The highest BCUT2D eigenvalue weighted by molar-refractivity contribution is 5.91. The molecule has 4 rings (SSSR count). The Labute approximate surface area is 166 Å². The number of carbonyl (C=O) groups is 1. The van der Waals surface area contributed by atoms with Crippen LogP contribution in [0.3, 0.4) is 0 Å². The third-order valence-electron chi connectivity index (χ3n) is 5.84. The topological polar surface area (TPSA) is 59.4 Å². The summed E-state index contributed by atoms with van der Waals surface area (Å²) in [6.07, 6.45) is 8.81. The van der Waals surface area contributed by atoms with E-state index in [0.29, 0.717) is 19.2 Å². The Bertz CT molecular complexity index is 747. The van der Waals surface area contributed by atoms with Crippen molar-refractivity contribution < 1.29 is 9.53 Å². The summed E-state index contributed by atoms with van der Waals surface area (Å²) in [5.41, 5.74) is 1.21. The van der Waals surface area contributed by atoms with Crippen molar-refractivity contribution in [2.75, 3.05) is 25.0 Å². The van der Waals surface area contributed by atoms with E-state index in [1.165, 1.54) is 18.4 Å². The van der Waals surface area contributed by atoms with Crippen LogP contribution < -0.4 is 5.32 Å². The zero-order chi connectivity index (χ0) is 19.2. The molecular formula is C22H30N4O2. The van der Waals surface area contributed by atoms with Gasteiger partial charge in [0.25, 0.3) is 0 Å². The van der Waals surface area contributed by atoms with Gasteiger partial charge in [-0.05, 0) is 31.2 Å². The number of amides is 1. The second-order valence-electron chi connectivity index (χ2n) is 7.92. The molecular weight excluding hydrogens is 352 g/mol. The molecule has 2 aromatic rings. The Morgan fingerprint density at radius 3 is 2.57 bits per heavy atom. The second kappa shape index (κ2) is 9.34. The van der Waals surface area contributed by atoms with E-state index in [9.17, 15) is 4.79 Å². The molecule has 0 radical (unpaired) electrons. The summed E-state index contributed by atoms with van der Waals surface area (Å²) in [6, 6.07) is 12.6. The quantitative estimate of drug-likeness (QED) is 0.795. The highest BCUT2D eigenvalue weighted by Crippen LogP contribution is 2.31. The number of ether oxygens (including phenoxy) is 1. The van der Waals surface area contributed by atoms with Crippen LogP contribution in [-0.4, -0.2) is 46.3 Å². The molecule has 1 N–H and O–H groups in total. The van der Waals surface area contributed by atoms with E-state index >= 15 is 0 Å². The van der Waals surface area contributed by atoms with Crippen LogP contribution in [-0.2, 0) is 16.1 Å². The van der Waals surface area contributed by atoms with Gasteiger partial charge in [0, 0.05) is 19.2 Å². The van der Waals surface area contributed by atoms with E-state index < -0.39 is 0 Å². The number of likely N-dealkylation sites (tertiary alicyclic amines) is 1. The Morgan fingerprint density at radius 2 is 1.82 bits per heavy atom. The van der Waals surface area contributed by atoms with Crippen molar-refractivity contribution in [2.24, 2.45) is 0 Å². The van der Waals surface area contributed by atoms with Gasteiger partial charge in [-0.3, -0.25) is 9.69 Å². The third-order valence-corrected chi connectivity index (χ3v) is 5.84. The van der Waals surface area contributed by atoms with Crippen LogP contribution >= 0.6 is 0 Å². The van der Waals surface area contributed by atoms with Gasteiger partial charge in [-0.25, -0.2) is 4.68 Å². The summed E-state index contributed by atoms with van der Waals surface area (Å²) >= 11 is 0. The highest BCUT2D eigenvalue weighted by Gasteiger charge is 2.23. The fraction of sp³-hybridized carbons (Fsp3) is 0.545. The smallest absolute Gasteiger partial charge is 0.239 e. The highest BCUT2D eigenvalue weighted by atomic mass is 16.5. The number of benzene rings is 1. The van der Waals surface area contributed by atoms with Crippen LogP contribution in [0.5, 0.6) is 0 Å². The molecule has 1 amide bonds. The molecule has 1 aromatic carbocycles. The van der Waals surface area contributed by atoms with Gasteiger partial charge < -0.3 is 10.1 Å². The standard InChI is InChI=1S/C22H30N4O2/c27-22(24-21-10-13-23-26(21)19-8-4-5-9-19)16-25-14-11-20(12-15-25)28-17-18-6-2-1-3-7-18/h1-3,6-7,10,13,19-20H,4-5,8-9,11-12,14-17H2,(H,24,27). The van der Waals surface area contributed by atoms with E-state index in [0.717, 1.165) is 44.6 Å². The largest absolute Gasteiger partial charge is 0.373 e. The Morgan fingerprint density at radius 1 is 1.07 bits per heavy atom. The first-order valence-corrected chi connectivity index (χ1v) is 10.5. The van der Waals surface area contributed by atoms with Crippen LogP contribution in [0.1, 0.15) is 50.1 Å². The number of hydrogen-bond acceptors (Lipinski definition) is 4. The predicted molar refractivity (Wildman–Crippen MR) is 109 cm³/mol. The number of nitrogens with one attached hydrogen (secondary N) is 1. The van der Waals surface area contributed by atoms with Crippen LogP contribution in [0.25, 0.3) is 0 Å². The minimum atomic E-state index is 0.0448. The number of piperidine rings is 1. The normalized spacial score (nSPS) is 19.1. The van der Waals surface area contributed by atoms with E-state index in [4.69, 9.17) is 4.74 Å². The van der Waals surface area contributed by atoms with E-state index in [1.54, 1.807) is 6.20 Å². The molecule has 0 spiro atoms. The predicted octanol–water partition coefficient (Wildman–Crippen LogP) is 3.62. The lowest BCUT2D eigenvalue weighted by atomic mass is 10.1. The maximum Gasteiger partial charge on any atom is 0.239 e. The van der Waals surface area contributed by atoms with E-state index in [-0.39, 0.29) is 12.0 Å². The molecule has 1 aliphatic heterocycles. The molecule has 0 bridgehead atoms. The van der Waals surface area contributed by atoms with Gasteiger partial charge in [-0.2, -0.15) is 5.10 Å². The average Bonchev–Trinajstić information content (AvgIpc) is 3.40. The summed E-state index contributed by atoms with van der Waals surface area (Å²) < 4.78 is 8.04. The molecule has 1 saturated heterocycles. The number of nitrogens with zero attached hydrogens (tertiary/aromatic N) is 3. The zero-order valence-corrected chi connectivity index (χ0v) is 16.4. The number of rotatable bonds is 7. The molecule has 2 aliphatic rings. The molecule has 0 atom stereocenters. The lowest BCUT2D eigenvalue weighted by Gasteiger charge is -2.31.